The van der Waals surface area contributed by atoms with Crippen LogP contribution in [0.3, 0.4) is 0 Å². The predicted octanol–water partition coefficient (Wildman–Crippen LogP) is 1.96. The van der Waals surface area contributed by atoms with Crippen LogP contribution in [0.15, 0.2) is 22.7 Å². The Hall–Kier alpha value is -0.830. The third kappa shape index (κ3) is 3.88. The molecule has 1 aromatic rings. The molecular weight excluding hydrogens is 360 g/mol. The molecule has 1 aromatic carbocycles. The van der Waals surface area contributed by atoms with E-state index in [1.807, 2.05) is 0 Å². The minimum absolute atomic E-state index is 0.166. The fraction of sp³-hybridized carbons (Fsp3) is 0.538. The highest BCUT2D eigenvalue weighted by molar-refractivity contribution is 9.10. The summed E-state index contributed by atoms with van der Waals surface area (Å²) in [5.74, 6) is 0.563. The Kier molecular flexibility index (Phi) is 5.48. The number of piperidine rings is 1. The first-order valence-electron chi connectivity index (χ1n) is 6.72. The number of methoxy groups -OCH3 is 1. The lowest BCUT2D eigenvalue weighted by molar-refractivity contribution is 0.156. The van der Waals surface area contributed by atoms with Gasteiger partial charge in [-0.2, -0.15) is 12.7 Å². The van der Waals surface area contributed by atoms with Crippen molar-refractivity contribution in [1.82, 2.24) is 4.31 Å². The maximum atomic E-state index is 12.5. The molecule has 0 radical (unpaired) electrons. The Balaban J connectivity index is 2.24. The summed E-state index contributed by atoms with van der Waals surface area (Å²) >= 11 is 3.32. The smallest absolute Gasteiger partial charge is 0.302 e. The van der Waals surface area contributed by atoms with Crippen LogP contribution in [-0.2, 0) is 10.2 Å². The van der Waals surface area contributed by atoms with E-state index in [0.717, 1.165) is 12.8 Å². The summed E-state index contributed by atoms with van der Waals surface area (Å²) < 4.78 is 34.7. The minimum Gasteiger partial charge on any atom is -0.497 e. The van der Waals surface area contributed by atoms with Crippen LogP contribution in [0.4, 0.5) is 5.69 Å². The molecule has 0 spiro atoms. The number of benzene rings is 1. The highest BCUT2D eigenvalue weighted by Gasteiger charge is 2.32. The molecule has 1 unspecified atom stereocenters. The van der Waals surface area contributed by atoms with Gasteiger partial charge in [0.1, 0.15) is 5.75 Å². The third-order valence-corrected chi connectivity index (χ3v) is 5.77. The first kappa shape index (κ1) is 16.5. The summed E-state index contributed by atoms with van der Waals surface area (Å²) in [6, 6.07) is 4.70. The lowest BCUT2D eigenvalue weighted by Gasteiger charge is -2.33. The zero-order valence-electron chi connectivity index (χ0n) is 11.8. The van der Waals surface area contributed by atoms with Crippen LogP contribution in [0.25, 0.3) is 0 Å². The quantitative estimate of drug-likeness (QED) is 0.820. The van der Waals surface area contributed by atoms with Crippen molar-refractivity contribution in [1.29, 1.82) is 0 Å². The number of nitrogens with one attached hydrogen (secondary N) is 1. The van der Waals surface area contributed by atoms with Gasteiger partial charge in [-0.1, -0.05) is 6.42 Å². The van der Waals surface area contributed by atoms with Gasteiger partial charge < -0.3 is 9.84 Å². The number of hydrogen-bond donors (Lipinski definition) is 2. The number of aliphatic hydroxyl groups excluding tert-OH is 1. The van der Waals surface area contributed by atoms with E-state index in [-0.39, 0.29) is 12.6 Å². The van der Waals surface area contributed by atoms with Crippen molar-refractivity contribution < 1.29 is 18.3 Å². The summed E-state index contributed by atoms with van der Waals surface area (Å²) in [6.45, 7) is 0.252. The number of rotatable bonds is 5. The van der Waals surface area contributed by atoms with Crippen molar-refractivity contribution in [2.45, 2.75) is 25.3 Å². The standard InChI is InChI=1S/C13H19BrN2O4S/c1-20-11-5-6-12(14)13(8-11)15-21(18,19)16-7-3-2-4-10(16)9-17/h5-6,8,10,15,17H,2-4,7,9H2,1H3. The molecule has 8 heteroatoms. The molecule has 1 heterocycles. The topological polar surface area (TPSA) is 78.9 Å². The Bertz CT molecular complexity index is 594. The van der Waals surface area contributed by atoms with Crippen molar-refractivity contribution >= 4 is 31.8 Å². The van der Waals surface area contributed by atoms with Gasteiger partial charge in [-0.25, -0.2) is 0 Å². The van der Waals surface area contributed by atoms with Gasteiger partial charge in [0, 0.05) is 23.1 Å². The summed E-state index contributed by atoms with van der Waals surface area (Å²) in [5, 5.41) is 9.36. The highest BCUT2D eigenvalue weighted by atomic mass is 79.9. The Morgan fingerprint density at radius 1 is 1.48 bits per heavy atom. The van der Waals surface area contributed by atoms with E-state index < -0.39 is 10.2 Å². The molecule has 0 bridgehead atoms. The minimum atomic E-state index is -3.71. The van der Waals surface area contributed by atoms with Crippen LogP contribution < -0.4 is 9.46 Å². The van der Waals surface area contributed by atoms with Crippen molar-refractivity contribution in [2.24, 2.45) is 0 Å². The lowest BCUT2D eigenvalue weighted by Crippen LogP contribution is -2.47. The molecule has 118 valence electrons. The number of ether oxygens (including phenoxy) is 1. The van der Waals surface area contributed by atoms with Crippen LogP contribution >= 0.6 is 15.9 Å². The van der Waals surface area contributed by atoms with Crippen molar-refractivity contribution in [2.75, 3.05) is 25.0 Å². The van der Waals surface area contributed by atoms with Crippen LogP contribution in [0.5, 0.6) is 5.75 Å². The zero-order chi connectivity index (χ0) is 15.5. The van der Waals surface area contributed by atoms with Crippen molar-refractivity contribution in [3.05, 3.63) is 22.7 Å². The maximum absolute atomic E-state index is 12.5. The van der Waals surface area contributed by atoms with Crippen LogP contribution in [0.1, 0.15) is 19.3 Å². The largest absolute Gasteiger partial charge is 0.497 e. The van der Waals surface area contributed by atoms with E-state index in [4.69, 9.17) is 4.74 Å². The van der Waals surface area contributed by atoms with Gasteiger partial charge in [-0.3, -0.25) is 4.72 Å². The summed E-state index contributed by atoms with van der Waals surface area (Å²) in [5.41, 5.74) is 0.414. The van der Waals surface area contributed by atoms with Crippen molar-refractivity contribution in [3.63, 3.8) is 0 Å². The zero-order valence-corrected chi connectivity index (χ0v) is 14.2. The Morgan fingerprint density at radius 3 is 2.90 bits per heavy atom. The molecule has 6 nitrogen and oxygen atoms in total. The summed E-state index contributed by atoms with van der Waals surface area (Å²) in [7, 11) is -2.19. The van der Waals surface area contributed by atoms with Crippen LogP contribution in [-0.4, -0.2) is 44.1 Å². The molecule has 1 fully saturated rings. The number of aliphatic hydroxyl groups is 1. The van der Waals surface area contributed by atoms with E-state index in [9.17, 15) is 13.5 Å². The first-order chi connectivity index (χ1) is 9.97. The van der Waals surface area contributed by atoms with Crippen LogP contribution in [0, 0.1) is 0 Å². The molecule has 0 amide bonds. The second-order valence-electron chi connectivity index (χ2n) is 4.90. The molecule has 0 aliphatic carbocycles. The van der Waals surface area contributed by atoms with Gasteiger partial charge in [-0.15, -0.1) is 0 Å². The molecule has 2 N–H and O–H groups in total. The fourth-order valence-corrected chi connectivity index (χ4v) is 4.36. The lowest BCUT2D eigenvalue weighted by atomic mass is 10.1. The number of halogens is 1. The number of nitrogens with zero attached hydrogens (tertiary/aromatic N) is 1. The van der Waals surface area contributed by atoms with E-state index in [1.165, 1.54) is 11.4 Å². The highest BCUT2D eigenvalue weighted by Crippen LogP contribution is 2.29. The van der Waals surface area contributed by atoms with Gasteiger partial charge in [0.15, 0.2) is 0 Å². The second-order valence-corrected chi connectivity index (χ2v) is 7.37. The molecule has 2 rings (SSSR count). The van der Waals surface area contributed by atoms with E-state index in [0.29, 0.717) is 28.9 Å². The maximum Gasteiger partial charge on any atom is 0.302 e. The molecule has 0 aromatic heterocycles. The van der Waals surface area contributed by atoms with E-state index in [2.05, 4.69) is 20.7 Å². The van der Waals surface area contributed by atoms with E-state index >= 15 is 0 Å². The Morgan fingerprint density at radius 2 is 2.24 bits per heavy atom. The molecule has 21 heavy (non-hydrogen) atoms. The molecule has 0 saturated carbocycles. The third-order valence-electron chi connectivity index (χ3n) is 3.51. The monoisotopic (exact) mass is 378 g/mol. The van der Waals surface area contributed by atoms with Gasteiger partial charge in [0.2, 0.25) is 0 Å². The molecule has 1 saturated heterocycles. The second kappa shape index (κ2) is 6.95. The SMILES string of the molecule is COc1ccc(Br)c(NS(=O)(=O)N2CCCCC2CO)c1. The summed E-state index contributed by atoms with van der Waals surface area (Å²) in [6.07, 6.45) is 2.41. The average molecular weight is 379 g/mol. The predicted molar refractivity (Wildman–Crippen MR) is 84.7 cm³/mol. The van der Waals surface area contributed by atoms with Crippen LogP contribution in [0.2, 0.25) is 0 Å². The molecule has 1 aliphatic rings. The first-order valence-corrected chi connectivity index (χ1v) is 8.95. The molecule has 1 aliphatic heterocycles. The summed E-state index contributed by atoms with van der Waals surface area (Å²) in [4.78, 5) is 0. The fourth-order valence-electron chi connectivity index (χ4n) is 2.38. The Labute approximate surface area is 133 Å². The molecule has 1 atom stereocenters. The van der Waals surface area contributed by atoms with Gasteiger partial charge in [0.25, 0.3) is 0 Å². The van der Waals surface area contributed by atoms with Gasteiger partial charge >= 0.3 is 10.2 Å². The number of anilines is 1. The average Bonchev–Trinajstić information content (AvgIpc) is 2.49. The van der Waals surface area contributed by atoms with Crippen molar-refractivity contribution in [3.8, 4) is 5.75 Å². The van der Waals surface area contributed by atoms with Gasteiger partial charge in [0.05, 0.1) is 19.4 Å². The number of hydrogen-bond acceptors (Lipinski definition) is 4. The van der Waals surface area contributed by atoms with Gasteiger partial charge in [-0.05, 0) is 40.9 Å². The van der Waals surface area contributed by atoms with E-state index in [1.54, 1.807) is 18.2 Å². The normalized spacial score (nSPS) is 20.2. The molecular formula is C13H19BrN2O4S.